The number of rotatable bonds is 1. The van der Waals surface area contributed by atoms with Crippen molar-refractivity contribution in [3.8, 4) is 0 Å². The quantitative estimate of drug-likeness (QED) is 0.789. The molecule has 1 aromatic heterocycles. The van der Waals surface area contributed by atoms with Crippen LogP contribution < -0.4 is 5.32 Å². The van der Waals surface area contributed by atoms with Crippen LogP contribution in [-0.4, -0.2) is 16.5 Å². The second kappa shape index (κ2) is 4.49. The van der Waals surface area contributed by atoms with E-state index in [9.17, 15) is 0 Å². The molecule has 90 valence electrons. The van der Waals surface area contributed by atoms with Gasteiger partial charge in [-0.3, -0.25) is 0 Å². The van der Waals surface area contributed by atoms with Crippen LogP contribution in [0.1, 0.15) is 43.1 Å². The Kier molecular flexibility index (Phi) is 2.85. The lowest BCUT2D eigenvalue weighted by atomic mass is 10.1. The Labute approximate surface area is 102 Å². The summed E-state index contributed by atoms with van der Waals surface area (Å²) in [7, 11) is 0. The predicted octanol–water partition coefficient (Wildman–Crippen LogP) is 3.08. The van der Waals surface area contributed by atoms with Crippen LogP contribution in [0.2, 0.25) is 0 Å². The fourth-order valence-corrected chi connectivity index (χ4v) is 2.62. The Morgan fingerprint density at radius 2 is 2.18 bits per heavy atom. The molecule has 0 amide bonds. The smallest absolute Gasteiger partial charge is 0.124 e. The van der Waals surface area contributed by atoms with Gasteiger partial charge < -0.3 is 10.3 Å². The standard InChI is InChI=1S/C14H19N3/c1-10-6-5-8-11-13(10)17-14(16-11)12-7-3-2-4-9-15-12/h5-6,8,12,15H,2-4,7,9H2,1H3,(H,16,17). The first-order chi connectivity index (χ1) is 8.34. The summed E-state index contributed by atoms with van der Waals surface area (Å²) in [5.41, 5.74) is 3.53. The molecule has 0 saturated carbocycles. The largest absolute Gasteiger partial charge is 0.341 e. The predicted molar refractivity (Wildman–Crippen MR) is 70.0 cm³/mol. The van der Waals surface area contributed by atoms with Crippen molar-refractivity contribution in [2.24, 2.45) is 0 Å². The summed E-state index contributed by atoms with van der Waals surface area (Å²) in [6.45, 7) is 3.23. The fourth-order valence-electron chi connectivity index (χ4n) is 2.62. The number of aromatic nitrogens is 2. The highest BCUT2D eigenvalue weighted by Gasteiger charge is 2.17. The number of aryl methyl sites for hydroxylation is 1. The Bertz CT molecular complexity index is 507. The van der Waals surface area contributed by atoms with E-state index in [1.165, 1.54) is 31.2 Å². The average molecular weight is 229 g/mol. The number of hydrogen-bond acceptors (Lipinski definition) is 2. The lowest BCUT2D eigenvalue weighted by molar-refractivity contribution is 0.513. The normalized spacial score (nSPS) is 21.6. The van der Waals surface area contributed by atoms with Gasteiger partial charge in [0.05, 0.1) is 17.1 Å². The van der Waals surface area contributed by atoms with Gasteiger partial charge in [-0.05, 0) is 37.9 Å². The summed E-state index contributed by atoms with van der Waals surface area (Å²) < 4.78 is 0. The van der Waals surface area contributed by atoms with Crippen LogP contribution in [0.25, 0.3) is 11.0 Å². The van der Waals surface area contributed by atoms with Crippen molar-refractivity contribution in [1.29, 1.82) is 0 Å². The number of imidazole rings is 1. The van der Waals surface area contributed by atoms with Crippen LogP contribution >= 0.6 is 0 Å². The second-order valence-electron chi connectivity index (χ2n) is 4.95. The molecule has 2 heterocycles. The molecule has 1 aromatic carbocycles. The molecule has 1 saturated heterocycles. The molecule has 1 fully saturated rings. The van der Waals surface area contributed by atoms with E-state index in [0.717, 1.165) is 23.4 Å². The van der Waals surface area contributed by atoms with E-state index in [1.54, 1.807) is 0 Å². The minimum Gasteiger partial charge on any atom is -0.341 e. The number of para-hydroxylation sites is 1. The molecular formula is C14H19N3. The van der Waals surface area contributed by atoms with Crippen molar-refractivity contribution in [3.05, 3.63) is 29.6 Å². The molecule has 1 atom stereocenters. The topological polar surface area (TPSA) is 40.7 Å². The van der Waals surface area contributed by atoms with Crippen molar-refractivity contribution >= 4 is 11.0 Å². The molecular weight excluding hydrogens is 210 g/mol. The SMILES string of the molecule is Cc1cccc2[nH]c(C3CCCCCN3)nc12. The molecule has 3 rings (SSSR count). The van der Waals surface area contributed by atoms with Crippen molar-refractivity contribution in [2.75, 3.05) is 6.54 Å². The third-order valence-corrected chi connectivity index (χ3v) is 3.62. The van der Waals surface area contributed by atoms with Gasteiger partial charge in [-0.2, -0.15) is 0 Å². The summed E-state index contributed by atoms with van der Waals surface area (Å²) in [6.07, 6.45) is 5.12. The van der Waals surface area contributed by atoms with Crippen LogP contribution in [0.15, 0.2) is 18.2 Å². The van der Waals surface area contributed by atoms with E-state index >= 15 is 0 Å². The number of aromatic amines is 1. The average Bonchev–Trinajstić information content (AvgIpc) is 2.59. The summed E-state index contributed by atoms with van der Waals surface area (Å²) in [5, 5.41) is 3.58. The van der Waals surface area contributed by atoms with E-state index in [1.807, 2.05) is 0 Å². The summed E-state index contributed by atoms with van der Waals surface area (Å²) in [4.78, 5) is 8.22. The third-order valence-electron chi connectivity index (χ3n) is 3.62. The lowest BCUT2D eigenvalue weighted by Crippen LogP contribution is -2.21. The first kappa shape index (κ1) is 10.8. The van der Waals surface area contributed by atoms with Gasteiger partial charge in [0, 0.05) is 0 Å². The highest BCUT2D eigenvalue weighted by atomic mass is 15.0. The molecule has 0 bridgehead atoms. The van der Waals surface area contributed by atoms with E-state index in [4.69, 9.17) is 4.98 Å². The summed E-state index contributed by atoms with van der Waals surface area (Å²) >= 11 is 0. The highest BCUT2D eigenvalue weighted by molar-refractivity contribution is 5.78. The Balaban J connectivity index is 1.96. The third kappa shape index (κ3) is 2.07. The first-order valence-electron chi connectivity index (χ1n) is 6.53. The zero-order valence-corrected chi connectivity index (χ0v) is 10.3. The molecule has 0 spiro atoms. The number of fused-ring (bicyclic) bond motifs is 1. The minimum absolute atomic E-state index is 0.407. The van der Waals surface area contributed by atoms with Gasteiger partial charge in [-0.15, -0.1) is 0 Å². The van der Waals surface area contributed by atoms with Crippen LogP contribution in [0.3, 0.4) is 0 Å². The van der Waals surface area contributed by atoms with Crippen LogP contribution in [0.4, 0.5) is 0 Å². The van der Waals surface area contributed by atoms with Crippen LogP contribution in [0, 0.1) is 6.92 Å². The lowest BCUT2D eigenvalue weighted by Gasteiger charge is -2.12. The Morgan fingerprint density at radius 1 is 1.24 bits per heavy atom. The van der Waals surface area contributed by atoms with Gasteiger partial charge in [0.15, 0.2) is 0 Å². The number of nitrogens with one attached hydrogen (secondary N) is 2. The first-order valence-corrected chi connectivity index (χ1v) is 6.53. The number of hydrogen-bond donors (Lipinski definition) is 2. The molecule has 0 radical (unpaired) electrons. The van der Waals surface area contributed by atoms with E-state index < -0.39 is 0 Å². The maximum absolute atomic E-state index is 4.76. The molecule has 17 heavy (non-hydrogen) atoms. The van der Waals surface area contributed by atoms with Gasteiger partial charge in [-0.25, -0.2) is 4.98 Å². The number of benzene rings is 1. The maximum atomic E-state index is 4.76. The molecule has 3 heteroatoms. The molecule has 2 N–H and O–H groups in total. The highest BCUT2D eigenvalue weighted by Crippen LogP contribution is 2.24. The summed E-state index contributed by atoms with van der Waals surface area (Å²) in [6, 6.07) is 6.72. The molecule has 1 unspecified atom stereocenters. The maximum Gasteiger partial charge on any atom is 0.124 e. The zero-order valence-electron chi connectivity index (χ0n) is 10.3. The number of nitrogens with zero attached hydrogens (tertiary/aromatic N) is 1. The molecule has 2 aromatic rings. The van der Waals surface area contributed by atoms with E-state index in [-0.39, 0.29) is 0 Å². The van der Waals surface area contributed by atoms with Crippen LogP contribution in [0.5, 0.6) is 0 Å². The van der Waals surface area contributed by atoms with Gasteiger partial charge >= 0.3 is 0 Å². The zero-order chi connectivity index (χ0) is 11.7. The monoisotopic (exact) mass is 229 g/mol. The van der Waals surface area contributed by atoms with Gasteiger partial charge in [0.25, 0.3) is 0 Å². The fraction of sp³-hybridized carbons (Fsp3) is 0.500. The van der Waals surface area contributed by atoms with Crippen molar-refractivity contribution in [2.45, 2.75) is 38.6 Å². The van der Waals surface area contributed by atoms with Crippen molar-refractivity contribution < 1.29 is 0 Å². The van der Waals surface area contributed by atoms with E-state index in [2.05, 4.69) is 35.4 Å². The number of H-pyrrole nitrogens is 1. The van der Waals surface area contributed by atoms with Crippen molar-refractivity contribution in [1.82, 2.24) is 15.3 Å². The minimum atomic E-state index is 0.407. The molecule has 0 aliphatic carbocycles. The second-order valence-corrected chi connectivity index (χ2v) is 4.95. The molecule has 3 nitrogen and oxygen atoms in total. The molecule has 1 aliphatic rings. The van der Waals surface area contributed by atoms with Gasteiger partial charge in [0.1, 0.15) is 5.82 Å². The molecule has 1 aliphatic heterocycles. The van der Waals surface area contributed by atoms with E-state index in [0.29, 0.717) is 6.04 Å². The Hall–Kier alpha value is -1.35. The van der Waals surface area contributed by atoms with Crippen molar-refractivity contribution in [3.63, 3.8) is 0 Å². The summed E-state index contributed by atoms with van der Waals surface area (Å²) in [5.74, 6) is 1.11. The van der Waals surface area contributed by atoms with Gasteiger partial charge in [-0.1, -0.05) is 25.0 Å². The van der Waals surface area contributed by atoms with Crippen LogP contribution in [-0.2, 0) is 0 Å². The van der Waals surface area contributed by atoms with Gasteiger partial charge in [0.2, 0.25) is 0 Å². The Morgan fingerprint density at radius 3 is 3.06 bits per heavy atom.